The summed E-state index contributed by atoms with van der Waals surface area (Å²) in [6.07, 6.45) is 2.23. The third kappa shape index (κ3) is 2.81. The van der Waals surface area contributed by atoms with E-state index in [1.165, 1.54) is 12.1 Å². The molecular formula is C12H10ClN3O2. The van der Waals surface area contributed by atoms with E-state index in [2.05, 4.69) is 9.97 Å². The Balaban J connectivity index is 2.21. The normalized spacial score (nSPS) is 10.3. The second-order valence-corrected chi connectivity index (χ2v) is 4.19. The molecule has 2 aromatic rings. The molecule has 1 aromatic heterocycles. The average molecular weight is 264 g/mol. The third-order valence-corrected chi connectivity index (χ3v) is 2.80. The molecular weight excluding hydrogens is 254 g/mol. The quantitative estimate of drug-likeness (QED) is 0.485. The van der Waals surface area contributed by atoms with Gasteiger partial charge >= 0.3 is 0 Å². The average Bonchev–Trinajstić information content (AvgIpc) is 2.33. The van der Waals surface area contributed by atoms with Gasteiger partial charge in [-0.05, 0) is 12.5 Å². The molecule has 0 N–H and O–H groups in total. The number of halogens is 1. The zero-order chi connectivity index (χ0) is 13.1. The lowest BCUT2D eigenvalue weighted by Gasteiger charge is -2.04. The predicted octanol–water partition coefficient (Wildman–Crippen LogP) is 2.94. The molecule has 2 rings (SSSR count). The molecule has 0 unspecified atom stereocenters. The largest absolute Gasteiger partial charge is 0.269 e. The zero-order valence-electron chi connectivity index (χ0n) is 9.63. The molecule has 0 saturated carbocycles. The van der Waals surface area contributed by atoms with Gasteiger partial charge in [-0.2, -0.15) is 0 Å². The molecule has 0 saturated heterocycles. The van der Waals surface area contributed by atoms with E-state index >= 15 is 0 Å². The van der Waals surface area contributed by atoms with Crippen LogP contribution in [0.4, 0.5) is 5.69 Å². The van der Waals surface area contributed by atoms with Crippen molar-refractivity contribution in [3.63, 3.8) is 0 Å². The first-order chi connectivity index (χ1) is 8.56. The summed E-state index contributed by atoms with van der Waals surface area (Å²) >= 11 is 6.00. The highest BCUT2D eigenvalue weighted by molar-refractivity contribution is 6.30. The summed E-state index contributed by atoms with van der Waals surface area (Å²) in [6, 6.07) is 6.35. The topological polar surface area (TPSA) is 68.9 Å². The number of nitro benzene ring substituents is 1. The van der Waals surface area contributed by atoms with Gasteiger partial charge in [-0.25, -0.2) is 9.97 Å². The summed E-state index contributed by atoms with van der Waals surface area (Å²) < 4.78 is 0. The van der Waals surface area contributed by atoms with Crippen LogP contribution in [-0.4, -0.2) is 14.9 Å². The van der Waals surface area contributed by atoms with Gasteiger partial charge in [0.2, 0.25) is 0 Å². The molecule has 0 aliphatic heterocycles. The highest BCUT2D eigenvalue weighted by Gasteiger charge is 2.07. The fourth-order valence-electron chi connectivity index (χ4n) is 1.54. The van der Waals surface area contributed by atoms with Crippen LogP contribution in [0.1, 0.15) is 17.0 Å². The van der Waals surface area contributed by atoms with Crippen LogP contribution >= 0.6 is 11.6 Å². The third-order valence-electron chi connectivity index (χ3n) is 2.47. The second-order valence-electron chi connectivity index (χ2n) is 3.83. The van der Waals surface area contributed by atoms with E-state index in [0.29, 0.717) is 17.4 Å². The van der Waals surface area contributed by atoms with Gasteiger partial charge in [0, 0.05) is 30.3 Å². The maximum Gasteiger partial charge on any atom is 0.269 e. The molecule has 92 valence electrons. The van der Waals surface area contributed by atoms with Crippen molar-refractivity contribution in [1.29, 1.82) is 0 Å². The maximum atomic E-state index is 10.5. The highest BCUT2D eigenvalue weighted by Crippen LogP contribution is 2.18. The molecule has 0 fully saturated rings. The molecule has 1 heterocycles. The van der Waals surface area contributed by atoms with E-state index in [1.807, 2.05) is 0 Å². The molecule has 18 heavy (non-hydrogen) atoms. The van der Waals surface area contributed by atoms with Crippen molar-refractivity contribution >= 4 is 17.3 Å². The highest BCUT2D eigenvalue weighted by atomic mass is 35.5. The van der Waals surface area contributed by atoms with Crippen molar-refractivity contribution in [3.05, 3.63) is 62.7 Å². The summed E-state index contributed by atoms with van der Waals surface area (Å²) in [5.41, 5.74) is 1.80. The van der Waals surface area contributed by atoms with Crippen LogP contribution in [0.5, 0.6) is 0 Å². The summed E-state index contributed by atoms with van der Waals surface area (Å²) in [6.45, 7) is 1.77. The van der Waals surface area contributed by atoms with E-state index in [0.717, 1.165) is 11.1 Å². The molecule has 0 aliphatic rings. The van der Waals surface area contributed by atoms with E-state index < -0.39 is 4.92 Å². The molecule has 6 heteroatoms. The van der Waals surface area contributed by atoms with Gasteiger partial charge in [0.05, 0.1) is 4.92 Å². The number of nitro groups is 1. The Morgan fingerprint density at radius 3 is 2.56 bits per heavy atom. The molecule has 0 aliphatic carbocycles. The van der Waals surface area contributed by atoms with Gasteiger partial charge in [0.25, 0.3) is 5.69 Å². The fraction of sp³-hybridized carbons (Fsp3) is 0.167. The monoisotopic (exact) mass is 263 g/mol. The number of nitrogens with zero attached hydrogens (tertiary/aromatic N) is 3. The van der Waals surface area contributed by atoms with Crippen LogP contribution in [-0.2, 0) is 6.42 Å². The van der Waals surface area contributed by atoms with E-state index in [9.17, 15) is 10.1 Å². The standard InChI is InChI=1S/C12H10ClN3O2/c1-8-14-7-10(12(13)15-8)6-9-2-4-11(5-3-9)16(17)18/h2-5,7H,6H2,1H3. The predicted molar refractivity (Wildman–Crippen MR) is 67.7 cm³/mol. The second kappa shape index (κ2) is 5.10. The van der Waals surface area contributed by atoms with Gasteiger partial charge in [0.1, 0.15) is 11.0 Å². The minimum absolute atomic E-state index is 0.0741. The van der Waals surface area contributed by atoms with Crippen LogP contribution in [0.2, 0.25) is 5.15 Å². The Morgan fingerprint density at radius 1 is 1.33 bits per heavy atom. The van der Waals surface area contributed by atoms with Crippen LogP contribution in [0.15, 0.2) is 30.5 Å². The van der Waals surface area contributed by atoms with Gasteiger partial charge < -0.3 is 0 Å². The van der Waals surface area contributed by atoms with E-state index in [4.69, 9.17) is 11.6 Å². The first-order valence-electron chi connectivity index (χ1n) is 5.27. The molecule has 0 bridgehead atoms. The number of aryl methyl sites for hydroxylation is 1. The van der Waals surface area contributed by atoms with Gasteiger partial charge in [0.15, 0.2) is 0 Å². The van der Waals surface area contributed by atoms with E-state index in [-0.39, 0.29) is 5.69 Å². The molecule has 5 nitrogen and oxygen atoms in total. The van der Waals surface area contributed by atoms with Crippen molar-refractivity contribution in [3.8, 4) is 0 Å². The number of rotatable bonds is 3. The summed E-state index contributed by atoms with van der Waals surface area (Å²) in [5, 5.41) is 10.9. The number of hydrogen-bond acceptors (Lipinski definition) is 4. The van der Waals surface area contributed by atoms with Crippen molar-refractivity contribution < 1.29 is 4.92 Å². The van der Waals surface area contributed by atoms with Gasteiger partial charge in [-0.15, -0.1) is 0 Å². The lowest BCUT2D eigenvalue weighted by molar-refractivity contribution is -0.384. The van der Waals surface area contributed by atoms with Crippen molar-refractivity contribution in [1.82, 2.24) is 9.97 Å². The van der Waals surface area contributed by atoms with Crippen LogP contribution < -0.4 is 0 Å². The summed E-state index contributed by atoms with van der Waals surface area (Å²) in [4.78, 5) is 18.2. The minimum atomic E-state index is -0.425. The molecule has 0 spiro atoms. The van der Waals surface area contributed by atoms with Crippen molar-refractivity contribution in [2.45, 2.75) is 13.3 Å². The van der Waals surface area contributed by atoms with Gasteiger partial charge in [-0.3, -0.25) is 10.1 Å². The Bertz CT molecular complexity index is 584. The number of aromatic nitrogens is 2. The molecule has 0 radical (unpaired) electrons. The smallest absolute Gasteiger partial charge is 0.258 e. The maximum absolute atomic E-state index is 10.5. The summed E-state index contributed by atoms with van der Waals surface area (Å²) in [7, 11) is 0. The number of hydrogen-bond donors (Lipinski definition) is 0. The Hall–Kier alpha value is -2.01. The molecule has 0 atom stereocenters. The lowest BCUT2D eigenvalue weighted by atomic mass is 10.1. The van der Waals surface area contributed by atoms with Gasteiger partial charge in [-0.1, -0.05) is 23.7 Å². The Kier molecular flexibility index (Phi) is 3.53. The van der Waals surface area contributed by atoms with Crippen molar-refractivity contribution in [2.24, 2.45) is 0 Å². The summed E-state index contributed by atoms with van der Waals surface area (Å²) in [5.74, 6) is 0.618. The molecule has 0 amide bonds. The van der Waals surface area contributed by atoms with Crippen molar-refractivity contribution in [2.75, 3.05) is 0 Å². The van der Waals surface area contributed by atoms with Crippen LogP contribution in [0, 0.1) is 17.0 Å². The first kappa shape index (κ1) is 12.4. The Labute approximate surface area is 109 Å². The van der Waals surface area contributed by atoms with Crippen LogP contribution in [0.25, 0.3) is 0 Å². The minimum Gasteiger partial charge on any atom is -0.258 e. The first-order valence-corrected chi connectivity index (χ1v) is 5.65. The lowest BCUT2D eigenvalue weighted by Crippen LogP contribution is -1.96. The number of non-ortho nitro benzene ring substituents is 1. The molecule has 1 aromatic carbocycles. The zero-order valence-corrected chi connectivity index (χ0v) is 10.4. The fourth-order valence-corrected chi connectivity index (χ4v) is 1.78. The SMILES string of the molecule is Cc1ncc(Cc2ccc([N+](=O)[O-])cc2)c(Cl)n1. The van der Waals surface area contributed by atoms with Crippen LogP contribution in [0.3, 0.4) is 0 Å². The Morgan fingerprint density at radius 2 is 2.00 bits per heavy atom. The van der Waals surface area contributed by atoms with E-state index in [1.54, 1.807) is 25.3 Å². The number of benzene rings is 1.